The molecule has 2 aromatic heterocycles. The van der Waals surface area contributed by atoms with E-state index in [-0.39, 0.29) is 24.4 Å². The van der Waals surface area contributed by atoms with Crippen molar-refractivity contribution < 1.29 is 22.8 Å². The predicted octanol–water partition coefficient (Wildman–Crippen LogP) is 2.41. The van der Waals surface area contributed by atoms with Crippen molar-refractivity contribution in [2.75, 3.05) is 36.0 Å². The Hall–Kier alpha value is -2.89. The molecule has 4 rings (SSSR count). The monoisotopic (exact) mass is 454 g/mol. The van der Waals surface area contributed by atoms with Crippen LogP contribution in [0, 0.1) is 0 Å². The number of aromatic nitrogens is 2. The summed E-state index contributed by atoms with van der Waals surface area (Å²) >= 11 is 1.33. The minimum atomic E-state index is -4.40. The number of hydrogen-bond acceptors (Lipinski definition) is 6. The van der Waals surface area contributed by atoms with E-state index in [0.717, 1.165) is 12.3 Å². The van der Waals surface area contributed by atoms with E-state index < -0.39 is 11.7 Å². The van der Waals surface area contributed by atoms with Crippen LogP contribution in [0.5, 0.6) is 0 Å². The van der Waals surface area contributed by atoms with Crippen LogP contribution in [0.25, 0.3) is 0 Å². The molecule has 2 N–H and O–H groups in total. The van der Waals surface area contributed by atoms with Gasteiger partial charge in [-0.1, -0.05) is 0 Å². The van der Waals surface area contributed by atoms with Gasteiger partial charge in [-0.3, -0.25) is 9.69 Å². The Morgan fingerprint density at radius 1 is 1.26 bits per heavy atom. The van der Waals surface area contributed by atoms with E-state index in [1.54, 1.807) is 10.3 Å². The average molecular weight is 454 g/mol. The quantitative estimate of drug-likeness (QED) is 0.724. The first-order valence-corrected chi connectivity index (χ1v) is 10.7. The van der Waals surface area contributed by atoms with Crippen LogP contribution in [0.15, 0.2) is 23.7 Å². The first kappa shape index (κ1) is 21.3. The maximum Gasteiger partial charge on any atom is 0.417 e. The SMILES string of the molecule is O=C(Cc1csc(N2CCNC2=O)n1)NC1CCN(c2ccc(C(F)(F)F)cn2)CC1. The molecule has 2 aliphatic rings. The van der Waals surface area contributed by atoms with Gasteiger partial charge in [-0.15, -0.1) is 11.3 Å². The number of rotatable bonds is 5. The lowest BCUT2D eigenvalue weighted by molar-refractivity contribution is -0.137. The molecule has 3 amide bonds. The number of carbonyl (C=O) groups excluding carboxylic acids is 2. The van der Waals surface area contributed by atoms with E-state index in [9.17, 15) is 22.8 Å². The molecule has 0 atom stereocenters. The minimum Gasteiger partial charge on any atom is -0.356 e. The van der Waals surface area contributed by atoms with Gasteiger partial charge in [0.15, 0.2) is 5.13 Å². The number of halogens is 3. The highest BCUT2D eigenvalue weighted by Gasteiger charge is 2.31. The fourth-order valence-electron chi connectivity index (χ4n) is 3.59. The molecule has 31 heavy (non-hydrogen) atoms. The summed E-state index contributed by atoms with van der Waals surface area (Å²) < 4.78 is 38.0. The highest BCUT2D eigenvalue weighted by Crippen LogP contribution is 2.30. The molecular formula is C19H21F3N6O2S. The summed E-state index contributed by atoms with van der Waals surface area (Å²) in [4.78, 5) is 35.9. The number of urea groups is 1. The minimum absolute atomic E-state index is 0.0133. The smallest absolute Gasteiger partial charge is 0.356 e. The van der Waals surface area contributed by atoms with Crippen molar-refractivity contribution in [3.8, 4) is 0 Å². The van der Waals surface area contributed by atoms with Crippen LogP contribution in [0.2, 0.25) is 0 Å². The van der Waals surface area contributed by atoms with Crippen molar-refractivity contribution in [3.05, 3.63) is 35.0 Å². The van der Waals surface area contributed by atoms with E-state index in [1.165, 1.54) is 17.4 Å². The number of nitrogens with one attached hydrogen (secondary N) is 2. The second-order valence-corrected chi connectivity index (χ2v) is 8.25. The summed E-state index contributed by atoms with van der Waals surface area (Å²) in [5, 5.41) is 8.06. The summed E-state index contributed by atoms with van der Waals surface area (Å²) in [5.74, 6) is 0.354. The number of pyridine rings is 1. The van der Waals surface area contributed by atoms with Crippen molar-refractivity contribution in [2.45, 2.75) is 31.5 Å². The van der Waals surface area contributed by atoms with Crippen molar-refractivity contribution in [1.29, 1.82) is 0 Å². The van der Waals surface area contributed by atoms with E-state index in [1.807, 2.05) is 4.90 Å². The normalized spacial score (nSPS) is 17.7. The first-order chi connectivity index (χ1) is 14.8. The summed E-state index contributed by atoms with van der Waals surface area (Å²) in [5.41, 5.74) is -0.155. The third-order valence-corrected chi connectivity index (χ3v) is 6.14. The maximum atomic E-state index is 12.7. The van der Waals surface area contributed by atoms with Gasteiger partial charge in [0.2, 0.25) is 5.91 Å². The molecule has 2 fully saturated rings. The molecule has 8 nitrogen and oxygen atoms in total. The first-order valence-electron chi connectivity index (χ1n) is 9.87. The summed E-state index contributed by atoms with van der Waals surface area (Å²) in [6.45, 7) is 2.32. The molecule has 2 aliphatic heterocycles. The Morgan fingerprint density at radius 3 is 2.65 bits per heavy atom. The van der Waals surface area contributed by atoms with Gasteiger partial charge in [0, 0.05) is 43.8 Å². The summed E-state index contributed by atoms with van der Waals surface area (Å²) in [6, 6.07) is 2.21. The van der Waals surface area contributed by atoms with E-state index >= 15 is 0 Å². The van der Waals surface area contributed by atoms with Crippen molar-refractivity contribution in [3.63, 3.8) is 0 Å². The Morgan fingerprint density at radius 2 is 2.03 bits per heavy atom. The summed E-state index contributed by atoms with van der Waals surface area (Å²) in [6.07, 6.45) is -2.08. The van der Waals surface area contributed by atoms with Gasteiger partial charge in [0.25, 0.3) is 0 Å². The number of piperidine rings is 1. The van der Waals surface area contributed by atoms with E-state index in [2.05, 4.69) is 20.6 Å². The van der Waals surface area contributed by atoms with Crippen LogP contribution in [0.3, 0.4) is 0 Å². The predicted molar refractivity (Wildman–Crippen MR) is 109 cm³/mol. The van der Waals surface area contributed by atoms with Crippen LogP contribution in [0.1, 0.15) is 24.1 Å². The molecular weight excluding hydrogens is 433 g/mol. The zero-order valence-corrected chi connectivity index (χ0v) is 17.3. The van der Waals surface area contributed by atoms with Crippen molar-refractivity contribution in [2.24, 2.45) is 0 Å². The van der Waals surface area contributed by atoms with Crippen LogP contribution in [-0.4, -0.2) is 54.1 Å². The molecule has 0 unspecified atom stereocenters. The number of thiazole rings is 1. The van der Waals surface area contributed by atoms with Crippen LogP contribution >= 0.6 is 11.3 Å². The van der Waals surface area contributed by atoms with Crippen molar-refractivity contribution >= 4 is 34.2 Å². The van der Waals surface area contributed by atoms with Gasteiger partial charge in [0.1, 0.15) is 5.82 Å². The van der Waals surface area contributed by atoms with Crippen LogP contribution < -0.4 is 20.4 Å². The van der Waals surface area contributed by atoms with Crippen LogP contribution in [0.4, 0.5) is 28.9 Å². The van der Waals surface area contributed by atoms with E-state index in [4.69, 9.17) is 0 Å². The van der Waals surface area contributed by atoms with Crippen molar-refractivity contribution in [1.82, 2.24) is 20.6 Å². The third kappa shape index (κ3) is 5.06. The molecule has 0 aliphatic carbocycles. The molecule has 12 heteroatoms. The Bertz CT molecular complexity index is 941. The molecule has 0 saturated carbocycles. The zero-order chi connectivity index (χ0) is 22.0. The van der Waals surface area contributed by atoms with Gasteiger partial charge < -0.3 is 15.5 Å². The molecule has 166 valence electrons. The average Bonchev–Trinajstić information content (AvgIpc) is 3.36. The van der Waals surface area contributed by atoms with Gasteiger partial charge in [-0.2, -0.15) is 13.2 Å². The van der Waals surface area contributed by atoms with Gasteiger partial charge >= 0.3 is 12.2 Å². The van der Waals surface area contributed by atoms with E-state index in [0.29, 0.717) is 55.7 Å². The molecule has 0 bridgehead atoms. The second-order valence-electron chi connectivity index (χ2n) is 7.41. The third-order valence-electron chi connectivity index (χ3n) is 5.23. The van der Waals surface area contributed by atoms with Gasteiger partial charge in [-0.05, 0) is 25.0 Å². The Labute approximate surface area is 180 Å². The lowest BCUT2D eigenvalue weighted by Gasteiger charge is -2.33. The second kappa shape index (κ2) is 8.69. The highest BCUT2D eigenvalue weighted by molar-refractivity contribution is 7.14. The zero-order valence-electron chi connectivity index (χ0n) is 16.5. The number of carbonyl (C=O) groups is 2. The number of nitrogens with zero attached hydrogens (tertiary/aromatic N) is 4. The Balaban J connectivity index is 1.25. The lowest BCUT2D eigenvalue weighted by Crippen LogP contribution is -2.45. The molecule has 2 saturated heterocycles. The fraction of sp³-hybridized carbons (Fsp3) is 0.474. The van der Waals surface area contributed by atoms with Crippen LogP contribution in [-0.2, 0) is 17.4 Å². The van der Waals surface area contributed by atoms with Gasteiger partial charge in [-0.25, -0.2) is 14.8 Å². The maximum absolute atomic E-state index is 12.7. The standard InChI is InChI=1S/C19H21F3N6O2S/c20-19(21,22)12-1-2-15(24-10-12)27-6-3-13(4-7-27)25-16(29)9-14-11-31-18(26-14)28-8-5-23-17(28)30/h1-2,10-11,13H,3-9H2,(H,23,30)(H,25,29). The molecule has 0 spiro atoms. The fourth-order valence-corrected chi connectivity index (χ4v) is 4.44. The topological polar surface area (TPSA) is 90.5 Å². The largest absolute Gasteiger partial charge is 0.417 e. The summed E-state index contributed by atoms with van der Waals surface area (Å²) in [7, 11) is 0. The number of anilines is 2. The van der Waals surface area contributed by atoms with Gasteiger partial charge in [0.05, 0.1) is 17.7 Å². The number of amides is 3. The highest BCUT2D eigenvalue weighted by atomic mass is 32.1. The molecule has 2 aromatic rings. The number of alkyl halides is 3. The molecule has 0 radical (unpaired) electrons. The lowest BCUT2D eigenvalue weighted by atomic mass is 10.0. The Kier molecular flexibility index (Phi) is 5.99. The number of hydrogen-bond donors (Lipinski definition) is 2. The molecule has 0 aromatic carbocycles. The molecule has 4 heterocycles.